The van der Waals surface area contributed by atoms with Gasteiger partial charge in [0, 0.05) is 19.0 Å². The van der Waals surface area contributed by atoms with E-state index in [2.05, 4.69) is 5.32 Å². The van der Waals surface area contributed by atoms with Crippen molar-refractivity contribution in [3.63, 3.8) is 0 Å². The number of halogens is 3. The zero-order chi connectivity index (χ0) is 14.5. The van der Waals surface area contributed by atoms with Crippen LogP contribution in [0.4, 0.5) is 13.2 Å². The molecule has 0 atom stereocenters. The van der Waals surface area contributed by atoms with Gasteiger partial charge in [-0.3, -0.25) is 9.59 Å². The van der Waals surface area contributed by atoms with E-state index < -0.39 is 18.6 Å². The van der Waals surface area contributed by atoms with E-state index >= 15 is 0 Å². The van der Waals surface area contributed by atoms with Crippen LogP contribution in [0.25, 0.3) is 0 Å². The molecule has 1 rings (SSSR count). The first-order chi connectivity index (χ1) is 8.78. The topological polar surface area (TPSA) is 58.2 Å². The molecule has 104 valence electrons. The molecule has 19 heavy (non-hydrogen) atoms. The van der Waals surface area contributed by atoms with Crippen molar-refractivity contribution in [3.8, 4) is 0 Å². The van der Waals surface area contributed by atoms with Crippen LogP contribution < -0.4 is 10.6 Å². The lowest BCUT2D eigenvalue weighted by Crippen LogP contribution is -2.33. The summed E-state index contributed by atoms with van der Waals surface area (Å²) in [7, 11) is 0. The fourth-order valence-electron chi connectivity index (χ4n) is 1.28. The molecular weight excluding hydrogens is 261 g/mol. The average Bonchev–Trinajstić information content (AvgIpc) is 2.33. The number of benzene rings is 1. The van der Waals surface area contributed by atoms with Crippen molar-refractivity contribution >= 4 is 11.8 Å². The predicted molar refractivity (Wildman–Crippen MR) is 62.4 cm³/mol. The Kier molecular flexibility index (Phi) is 4.91. The maximum atomic E-state index is 11.9. The fourth-order valence-corrected chi connectivity index (χ4v) is 1.28. The normalized spacial score (nSPS) is 10.9. The quantitative estimate of drug-likeness (QED) is 0.876. The summed E-state index contributed by atoms with van der Waals surface area (Å²) in [6.45, 7) is 0.318. The molecule has 1 aromatic carbocycles. The van der Waals surface area contributed by atoms with Gasteiger partial charge in [0.15, 0.2) is 0 Å². The molecule has 2 amide bonds. The summed E-state index contributed by atoms with van der Waals surface area (Å²) in [6.07, 6.45) is -4.43. The third-order valence-corrected chi connectivity index (χ3v) is 2.21. The fraction of sp³-hybridized carbons (Fsp3) is 0.333. The molecule has 7 heteroatoms. The third kappa shape index (κ3) is 5.89. The molecule has 1 aromatic rings. The van der Waals surface area contributed by atoms with Crippen LogP contribution in [-0.2, 0) is 11.3 Å². The van der Waals surface area contributed by atoms with Crippen molar-refractivity contribution in [1.82, 2.24) is 10.6 Å². The maximum Gasteiger partial charge on any atom is 0.405 e. The molecule has 4 nitrogen and oxygen atoms in total. The maximum absolute atomic E-state index is 11.9. The number of amides is 2. The Bertz CT molecular complexity index is 455. The summed E-state index contributed by atoms with van der Waals surface area (Å²) < 4.78 is 35.8. The first-order valence-electron chi connectivity index (χ1n) is 5.46. The molecule has 0 unspecified atom stereocenters. The summed E-state index contributed by atoms with van der Waals surface area (Å²) in [5, 5.41) is 4.34. The highest BCUT2D eigenvalue weighted by Crippen LogP contribution is 2.13. The van der Waals surface area contributed by atoms with Gasteiger partial charge in [0.05, 0.1) is 0 Å². The molecule has 0 spiro atoms. The molecule has 0 aliphatic heterocycles. The minimum absolute atomic E-state index is 0.135. The second-order valence-corrected chi connectivity index (χ2v) is 3.90. The van der Waals surface area contributed by atoms with Crippen molar-refractivity contribution in [3.05, 3.63) is 35.4 Å². The molecule has 2 N–H and O–H groups in total. The second kappa shape index (κ2) is 6.21. The number of nitrogens with one attached hydrogen (secondary N) is 2. The van der Waals surface area contributed by atoms with Gasteiger partial charge < -0.3 is 10.6 Å². The summed E-state index contributed by atoms with van der Waals surface area (Å²) in [5.41, 5.74) is 0.887. The van der Waals surface area contributed by atoms with Gasteiger partial charge in [-0.25, -0.2) is 0 Å². The summed E-state index contributed by atoms with van der Waals surface area (Å²) in [6, 6.07) is 5.95. The van der Waals surface area contributed by atoms with Gasteiger partial charge in [-0.05, 0) is 17.7 Å². The van der Waals surface area contributed by atoms with E-state index in [1.807, 2.05) is 0 Å². The van der Waals surface area contributed by atoms with Crippen LogP contribution in [0, 0.1) is 0 Å². The number of hydrogen-bond acceptors (Lipinski definition) is 2. The SMILES string of the molecule is CC(=O)NCc1ccc(C(=O)NCC(F)(F)F)cc1. The van der Waals surface area contributed by atoms with Gasteiger partial charge in [-0.15, -0.1) is 0 Å². The van der Waals surface area contributed by atoms with E-state index in [1.165, 1.54) is 19.1 Å². The Morgan fingerprint density at radius 3 is 2.16 bits per heavy atom. The molecule has 0 saturated carbocycles. The molecule has 0 aromatic heterocycles. The first-order valence-corrected chi connectivity index (χ1v) is 5.46. The zero-order valence-corrected chi connectivity index (χ0v) is 10.2. The molecule has 0 aliphatic carbocycles. The highest BCUT2D eigenvalue weighted by Gasteiger charge is 2.27. The van der Waals surface area contributed by atoms with Gasteiger partial charge in [0.25, 0.3) is 5.91 Å². The van der Waals surface area contributed by atoms with E-state index in [4.69, 9.17) is 0 Å². The summed E-state index contributed by atoms with van der Waals surface area (Å²) in [5.74, 6) is -0.976. The van der Waals surface area contributed by atoms with Crippen LogP contribution in [0.1, 0.15) is 22.8 Å². The van der Waals surface area contributed by atoms with Crippen molar-refractivity contribution in [1.29, 1.82) is 0 Å². The Labute approximate surface area is 108 Å². The first kappa shape index (κ1) is 15.0. The Hall–Kier alpha value is -2.05. The van der Waals surface area contributed by atoms with E-state index in [0.29, 0.717) is 6.54 Å². The Balaban J connectivity index is 2.55. The second-order valence-electron chi connectivity index (χ2n) is 3.90. The highest BCUT2D eigenvalue weighted by molar-refractivity contribution is 5.94. The lowest BCUT2D eigenvalue weighted by molar-refractivity contribution is -0.123. The van der Waals surface area contributed by atoms with Crippen LogP contribution in [0.3, 0.4) is 0 Å². The highest BCUT2D eigenvalue weighted by atomic mass is 19.4. The number of carbonyl (C=O) groups excluding carboxylic acids is 2. The largest absolute Gasteiger partial charge is 0.405 e. The number of carbonyl (C=O) groups is 2. The Morgan fingerprint density at radius 2 is 1.68 bits per heavy atom. The van der Waals surface area contributed by atoms with Gasteiger partial charge in [0.2, 0.25) is 5.91 Å². The monoisotopic (exact) mass is 274 g/mol. The van der Waals surface area contributed by atoms with Crippen molar-refractivity contribution in [2.75, 3.05) is 6.54 Å². The Morgan fingerprint density at radius 1 is 1.11 bits per heavy atom. The number of rotatable bonds is 4. The lowest BCUT2D eigenvalue weighted by atomic mass is 10.1. The van der Waals surface area contributed by atoms with Crippen LogP contribution in [0.5, 0.6) is 0 Å². The minimum atomic E-state index is -4.43. The van der Waals surface area contributed by atoms with E-state index in [1.54, 1.807) is 17.4 Å². The molecule has 0 bridgehead atoms. The predicted octanol–water partition coefficient (Wildman–Crippen LogP) is 1.61. The van der Waals surface area contributed by atoms with Crippen molar-refractivity contribution in [2.24, 2.45) is 0 Å². The third-order valence-electron chi connectivity index (χ3n) is 2.21. The summed E-state index contributed by atoms with van der Waals surface area (Å²) in [4.78, 5) is 22.1. The number of alkyl halides is 3. The van der Waals surface area contributed by atoms with Crippen LogP contribution in [0.15, 0.2) is 24.3 Å². The van der Waals surface area contributed by atoms with Crippen molar-refractivity contribution in [2.45, 2.75) is 19.6 Å². The lowest BCUT2D eigenvalue weighted by Gasteiger charge is -2.09. The molecular formula is C12H13F3N2O2. The van der Waals surface area contributed by atoms with Crippen LogP contribution >= 0.6 is 0 Å². The zero-order valence-electron chi connectivity index (χ0n) is 10.2. The van der Waals surface area contributed by atoms with Gasteiger partial charge in [0.1, 0.15) is 6.54 Å². The van der Waals surface area contributed by atoms with Crippen LogP contribution in [-0.4, -0.2) is 24.5 Å². The molecule has 0 aliphatic rings. The van der Waals surface area contributed by atoms with Gasteiger partial charge in [-0.2, -0.15) is 13.2 Å². The van der Waals surface area contributed by atoms with E-state index in [-0.39, 0.29) is 11.5 Å². The molecule has 0 fully saturated rings. The molecule has 0 radical (unpaired) electrons. The van der Waals surface area contributed by atoms with Crippen molar-refractivity contribution < 1.29 is 22.8 Å². The smallest absolute Gasteiger partial charge is 0.352 e. The van der Waals surface area contributed by atoms with E-state index in [0.717, 1.165) is 5.56 Å². The standard InChI is InChI=1S/C12H13F3N2O2/c1-8(18)16-6-9-2-4-10(5-3-9)11(19)17-7-12(13,14)15/h2-5H,6-7H2,1H3,(H,16,18)(H,17,19). The van der Waals surface area contributed by atoms with Gasteiger partial charge in [-0.1, -0.05) is 12.1 Å². The summed E-state index contributed by atoms with van der Waals surface area (Å²) >= 11 is 0. The van der Waals surface area contributed by atoms with Crippen LogP contribution in [0.2, 0.25) is 0 Å². The molecule has 0 heterocycles. The minimum Gasteiger partial charge on any atom is -0.352 e. The number of hydrogen-bond donors (Lipinski definition) is 2. The van der Waals surface area contributed by atoms with E-state index in [9.17, 15) is 22.8 Å². The van der Waals surface area contributed by atoms with Gasteiger partial charge >= 0.3 is 6.18 Å². The average molecular weight is 274 g/mol. The molecule has 0 saturated heterocycles.